The summed E-state index contributed by atoms with van der Waals surface area (Å²) in [5.41, 5.74) is 2.12. The Balaban J connectivity index is 1.58. The van der Waals surface area contributed by atoms with Gasteiger partial charge in [-0.2, -0.15) is 13.2 Å². The van der Waals surface area contributed by atoms with Crippen molar-refractivity contribution in [3.05, 3.63) is 84.6 Å². The van der Waals surface area contributed by atoms with Crippen molar-refractivity contribution < 1.29 is 37.1 Å². The van der Waals surface area contributed by atoms with E-state index < -0.39 is 42.5 Å². The Kier molecular flexibility index (Phi) is 11.6. The fourth-order valence-corrected chi connectivity index (χ4v) is 3.93. The molecule has 0 spiro atoms. The lowest BCUT2D eigenvalue weighted by Gasteiger charge is -2.22. The molecule has 1 heterocycles. The molecule has 0 aliphatic rings. The van der Waals surface area contributed by atoms with Gasteiger partial charge in [-0.3, -0.25) is 14.4 Å². The fraction of sp³-hybridized carbons (Fsp3) is 0.300. The zero-order chi connectivity index (χ0) is 30.5. The molecule has 42 heavy (non-hydrogen) atoms. The monoisotopic (exact) mass is 584 g/mol. The second kappa shape index (κ2) is 15.3. The van der Waals surface area contributed by atoms with Crippen LogP contribution in [-0.4, -0.2) is 47.5 Å². The molecule has 1 unspecified atom stereocenters. The lowest BCUT2D eigenvalue weighted by molar-refractivity contribution is -0.202. The zero-order valence-electron chi connectivity index (χ0n) is 22.8. The van der Waals surface area contributed by atoms with Crippen LogP contribution in [0.5, 0.6) is 0 Å². The molecule has 0 fully saturated rings. The van der Waals surface area contributed by atoms with Crippen LogP contribution in [0.3, 0.4) is 0 Å². The predicted octanol–water partition coefficient (Wildman–Crippen LogP) is 4.72. The number of unbranched alkanes of at least 4 members (excludes halogenated alkanes) is 1. The summed E-state index contributed by atoms with van der Waals surface area (Å²) in [6, 6.07) is 19.3. The van der Waals surface area contributed by atoms with Gasteiger partial charge in [0.2, 0.25) is 11.8 Å². The highest BCUT2D eigenvalue weighted by Gasteiger charge is 2.42. The first-order valence-corrected chi connectivity index (χ1v) is 13.2. The van der Waals surface area contributed by atoms with E-state index in [1.54, 1.807) is 36.5 Å². The van der Waals surface area contributed by atoms with E-state index in [-0.39, 0.29) is 12.3 Å². The molecule has 12 heteroatoms. The summed E-state index contributed by atoms with van der Waals surface area (Å²) in [4.78, 5) is 52.7. The van der Waals surface area contributed by atoms with Crippen molar-refractivity contribution in [2.24, 2.45) is 0 Å². The van der Waals surface area contributed by atoms with E-state index in [1.807, 2.05) is 42.5 Å². The Labute approximate surface area is 240 Å². The number of benzene rings is 2. The average molecular weight is 585 g/mol. The number of halogens is 3. The van der Waals surface area contributed by atoms with E-state index in [2.05, 4.69) is 25.7 Å². The Hall–Kier alpha value is -4.74. The number of alkyl halides is 3. The Morgan fingerprint density at radius 3 is 2.17 bits per heavy atom. The van der Waals surface area contributed by atoms with Gasteiger partial charge in [-0.15, -0.1) is 0 Å². The van der Waals surface area contributed by atoms with Crippen LogP contribution in [-0.2, 0) is 23.9 Å². The van der Waals surface area contributed by atoms with Crippen LogP contribution in [0.25, 0.3) is 11.1 Å². The summed E-state index contributed by atoms with van der Waals surface area (Å²) in [5.74, 6) is -4.43. The second-order valence-corrected chi connectivity index (χ2v) is 9.40. The second-order valence-electron chi connectivity index (χ2n) is 9.40. The summed E-state index contributed by atoms with van der Waals surface area (Å²) in [6.07, 6.45) is -3.03. The fourth-order valence-electron chi connectivity index (χ4n) is 3.93. The van der Waals surface area contributed by atoms with Crippen molar-refractivity contribution in [2.45, 2.75) is 50.9 Å². The lowest BCUT2D eigenvalue weighted by atomic mass is 9.99. The molecule has 0 aliphatic heterocycles. The molecule has 0 saturated carbocycles. The number of ether oxygens (including phenoxy) is 1. The summed E-state index contributed by atoms with van der Waals surface area (Å²) in [7, 11) is 0. The molecule has 9 nitrogen and oxygen atoms in total. The van der Waals surface area contributed by atoms with Crippen molar-refractivity contribution >= 4 is 29.6 Å². The predicted molar refractivity (Wildman–Crippen MR) is 149 cm³/mol. The Morgan fingerprint density at radius 2 is 1.52 bits per heavy atom. The quantitative estimate of drug-likeness (QED) is 0.151. The van der Waals surface area contributed by atoms with Gasteiger partial charge in [-0.1, -0.05) is 60.7 Å². The topological polar surface area (TPSA) is 126 Å². The number of hydrogen-bond donors (Lipinski definition) is 3. The zero-order valence-corrected chi connectivity index (χ0v) is 22.8. The van der Waals surface area contributed by atoms with Gasteiger partial charge in [0.15, 0.2) is 0 Å². The van der Waals surface area contributed by atoms with E-state index >= 15 is 0 Å². The van der Waals surface area contributed by atoms with Gasteiger partial charge in [0.25, 0.3) is 0 Å². The third kappa shape index (κ3) is 10.3. The minimum absolute atomic E-state index is 0.164. The minimum Gasteiger partial charge on any atom is -0.386 e. The average Bonchev–Trinajstić information content (AvgIpc) is 2.97. The van der Waals surface area contributed by atoms with Gasteiger partial charge in [-0.05, 0) is 48.6 Å². The maximum atomic E-state index is 12.9. The van der Waals surface area contributed by atoms with Crippen molar-refractivity contribution in [2.75, 3.05) is 11.9 Å². The third-order valence-corrected chi connectivity index (χ3v) is 6.12. The SMILES string of the molecule is C[C@H](NC(=O)CCCCNc1ccccn1)C(=O)NC(CC(=O)OC(=O)C(F)(F)F)c1ccc(-c2ccccc2)cc1. The number of hydrogen-bond acceptors (Lipinski definition) is 7. The first-order valence-electron chi connectivity index (χ1n) is 13.2. The van der Waals surface area contributed by atoms with Crippen LogP contribution in [0.4, 0.5) is 19.0 Å². The van der Waals surface area contributed by atoms with Gasteiger partial charge < -0.3 is 20.7 Å². The highest BCUT2D eigenvalue weighted by molar-refractivity contribution is 5.90. The number of aromatic nitrogens is 1. The number of carbonyl (C=O) groups excluding carboxylic acids is 4. The molecule has 3 aromatic rings. The van der Waals surface area contributed by atoms with Gasteiger partial charge in [0.1, 0.15) is 11.9 Å². The number of nitrogens with one attached hydrogen (secondary N) is 3. The smallest absolute Gasteiger partial charge is 0.386 e. The molecular formula is C30H31F3N4O5. The third-order valence-electron chi connectivity index (χ3n) is 6.12. The first-order chi connectivity index (χ1) is 20.0. The van der Waals surface area contributed by atoms with E-state index in [1.165, 1.54) is 6.92 Å². The number of amides is 2. The van der Waals surface area contributed by atoms with Crippen molar-refractivity contribution in [3.8, 4) is 11.1 Å². The molecule has 0 aliphatic carbocycles. The van der Waals surface area contributed by atoms with E-state index in [9.17, 15) is 32.3 Å². The minimum atomic E-state index is -5.35. The highest BCUT2D eigenvalue weighted by Crippen LogP contribution is 2.25. The van der Waals surface area contributed by atoms with Crippen LogP contribution in [0.2, 0.25) is 0 Å². The molecule has 0 saturated heterocycles. The van der Waals surface area contributed by atoms with E-state index in [4.69, 9.17) is 0 Å². The van der Waals surface area contributed by atoms with Gasteiger partial charge in [0.05, 0.1) is 12.5 Å². The highest BCUT2D eigenvalue weighted by atomic mass is 19.4. The largest absolute Gasteiger partial charge is 0.491 e. The van der Waals surface area contributed by atoms with E-state index in [0.717, 1.165) is 16.9 Å². The Morgan fingerprint density at radius 1 is 0.857 bits per heavy atom. The summed E-state index contributed by atoms with van der Waals surface area (Å²) in [5, 5.41) is 8.28. The molecule has 0 bridgehead atoms. The molecule has 1 aromatic heterocycles. The maximum Gasteiger partial charge on any atom is 0.491 e. The maximum absolute atomic E-state index is 12.9. The summed E-state index contributed by atoms with van der Waals surface area (Å²) < 4.78 is 41.7. The molecule has 2 amide bonds. The number of esters is 2. The summed E-state index contributed by atoms with van der Waals surface area (Å²) >= 11 is 0. The van der Waals surface area contributed by atoms with Gasteiger partial charge >= 0.3 is 18.1 Å². The molecular weight excluding hydrogens is 553 g/mol. The van der Waals surface area contributed by atoms with Crippen molar-refractivity contribution in [1.82, 2.24) is 15.6 Å². The standard InChI is InChI=1S/C30H31F3N4O5/c1-20(36-26(38)12-6-8-18-35-25-11-5-7-17-34-25)28(40)37-24(19-27(39)42-29(41)30(31,32)33)23-15-13-22(14-16-23)21-9-3-2-4-10-21/h2-5,7,9-11,13-17,20,24H,6,8,12,18-19H2,1H3,(H,34,35)(H,36,38)(H,37,40)/t20-,24?/m0/s1. The van der Waals surface area contributed by atoms with Gasteiger partial charge in [0, 0.05) is 19.2 Å². The molecule has 2 aromatic carbocycles. The summed E-state index contributed by atoms with van der Waals surface area (Å²) in [6.45, 7) is 2.05. The molecule has 3 rings (SSSR count). The van der Waals surface area contributed by atoms with Crippen molar-refractivity contribution in [1.29, 1.82) is 0 Å². The van der Waals surface area contributed by atoms with Crippen LogP contribution < -0.4 is 16.0 Å². The normalized spacial score (nSPS) is 12.5. The number of rotatable bonds is 13. The van der Waals surface area contributed by atoms with Crippen LogP contribution >= 0.6 is 0 Å². The number of carbonyl (C=O) groups is 4. The molecule has 0 radical (unpaired) electrons. The molecule has 3 N–H and O–H groups in total. The lowest BCUT2D eigenvalue weighted by Crippen LogP contribution is -2.46. The molecule has 222 valence electrons. The Bertz CT molecular complexity index is 1340. The van der Waals surface area contributed by atoms with Crippen molar-refractivity contribution in [3.63, 3.8) is 0 Å². The van der Waals surface area contributed by atoms with Gasteiger partial charge in [-0.25, -0.2) is 9.78 Å². The number of anilines is 1. The van der Waals surface area contributed by atoms with Crippen LogP contribution in [0.15, 0.2) is 79.0 Å². The number of nitrogens with zero attached hydrogens (tertiary/aromatic N) is 1. The van der Waals surface area contributed by atoms with E-state index in [0.29, 0.717) is 24.9 Å². The first kappa shape index (κ1) is 31.8. The van der Waals surface area contributed by atoms with Crippen LogP contribution in [0, 0.1) is 0 Å². The molecule has 2 atom stereocenters. The van der Waals surface area contributed by atoms with Crippen LogP contribution in [0.1, 0.15) is 44.2 Å². The number of pyridine rings is 1.